The number of benzene rings is 1. The number of oxazole rings is 1. The van der Waals surface area contributed by atoms with Crippen LogP contribution in [0.25, 0.3) is 22.4 Å². The van der Waals surface area contributed by atoms with Crippen LogP contribution < -0.4 is 11.1 Å². The van der Waals surface area contributed by atoms with Crippen LogP contribution in [0.1, 0.15) is 0 Å². The molecule has 3 aromatic rings. The highest BCUT2D eigenvalue weighted by Crippen LogP contribution is 2.26. The van der Waals surface area contributed by atoms with Crippen LogP contribution in [-0.4, -0.2) is 17.0 Å². The highest BCUT2D eigenvalue weighted by molar-refractivity contribution is 7.14. The Balaban J connectivity index is 2.13. The monoisotopic (exact) mass is 247 g/mol. The number of nitrogens with one attached hydrogen (secondary N) is 2. The van der Waals surface area contributed by atoms with Gasteiger partial charge >= 0.3 is 5.76 Å². The van der Waals surface area contributed by atoms with Crippen molar-refractivity contribution in [3.63, 3.8) is 0 Å². The molecule has 0 aliphatic carbocycles. The van der Waals surface area contributed by atoms with Gasteiger partial charge in [0.1, 0.15) is 0 Å². The minimum absolute atomic E-state index is 0.439. The summed E-state index contributed by atoms with van der Waals surface area (Å²) in [7, 11) is 1.83. The summed E-state index contributed by atoms with van der Waals surface area (Å²) in [6.45, 7) is 0. The highest BCUT2D eigenvalue weighted by atomic mass is 32.1. The molecule has 0 aliphatic rings. The van der Waals surface area contributed by atoms with E-state index < -0.39 is 5.76 Å². The SMILES string of the molecule is CNc1nc(-c2ccc3[nH]c(=O)oc3c2)cs1. The first-order valence-electron chi connectivity index (χ1n) is 5.03. The van der Waals surface area contributed by atoms with E-state index in [9.17, 15) is 4.79 Å². The van der Waals surface area contributed by atoms with Gasteiger partial charge in [0.25, 0.3) is 0 Å². The molecule has 0 bridgehead atoms. The molecular weight excluding hydrogens is 238 g/mol. The van der Waals surface area contributed by atoms with Crippen LogP contribution in [0.2, 0.25) is 0 Å². The second-order valence-electron chi connectivity index (χ2n) is 3.51. The lowest BCUT2D eigenvalue weighted by Gasteiger charge is -1.95. The number of rotatable bonds is 2. The first-order valence-corrected chi connectivity index (χ1v) is 5.91. The molecule has 0 fully saturated rings. The molecule has 5 nitrogen and oxygen atoms in total. The van der Waals surface area contributed by atoms with Crippen molar-refractivity contribution < 1.29 is 4.42 Å². The van der Waals surface area contributed by atoms with Gasteiger partial charge in [-0.2, -0.15) is 0 Å². The van der Waals surface area contributed by atoms with E-state index in [1.165, 1.54) is 11.3 Å². The van der Waals surface area contributed by atoms with Crippen molar-refractivity contribution in [1.82, 2.24) is 9.97 Å². The molecule has 0 saturated carbocycles. The molecule has 2 aromatic heterocycles. The molecular formula is C11H9N3O2S. The van der Waals surface area contributed by atoms with Crippen LogP contribution in [0.5, 0.6) is 0 Å². The number of nitrogens with zero attached hydrogens (tertiary/aromatic N) is 1. The van der Waals surface area contributed by atoms with E-state index in [2.05, 4.69) is 15.3 Å². The Morgan fingerprint density at radius 1 is 1.47 bits per heavy atom. The van der Waals surface area contributed by atoms with Crippen molar-refractivity contribution in [2.24, 2.45) is 0 Å². The van der Waals surface area contributed by atoms with E-state index >= 15 is 0 Å². The van der Waals surface area contributed by atoms with Crippen LogP contribution in [-0.2, 0) is 0 Å². The van der Waals surface area contributed by atoms with Gasteiger partial charge in [-0.3, -0.25) is 4.98 Å². The standard InChI is InChI=1S/C11H9N3O2S/c1-12-10-13-8(5-17-10)6-2-3-7-9(4-6)16-11(15)14-7/h2-5H,1H3,(H,12,13)(H,14,15). The molecule has 2 N–H and O–H groups in total. The predicted molar refractivity (Wildman–Crippen MR) is 67.5 cm³/mol. The highest BCUT2D eigenvalue weighted by Gasteiger charge is 2.06. The summed E-state index contributed by atoms with van der Waals surface area (Å²) in [5.41, 5.74) is 3.04. The Morgan fingerprint density at radius 3 is 3.12 bits per heavy atom. The number of aromatic nitrogens is 2. The lowest BCUT2D eigenvalue weighted by Crippen LogP contribution is -1.92. The van der Waals surface area contributed by atoms with Crippen molar-refractivity contribution >= 4 is 27.6 Å². The molecule has 0 aliphatic heterocycles. The van der Waals surface area contributed by atoms with E-state index in [0.717, 1.165) is 16.4 Å². The molecule has 0 radical (unpaired) electrons. The third-order valence-electron chi connectivity index (χ3n) is 2.43. The van der Waals surface area contributed by atoms with Gasteiger partial charge in [-0.25, -0.2) is 9.78 Å². The van der Waals surface area contributed by atoms with E-state index in [0.29, 0.717) is 11.1 Å². The summed E-state index contributed by atoms with van der Waals surface area (Å²) in [4.78, 5) is 18.0. The quantitative estimate of drug-likeness (QED) is 0.728. The summed E-state index contributed by atoms with van der Waals surface area (Å²) < 4.78 is 5.01. The first kappa shape index (κ1) is 10.1. The van der Waals surface area contributed by atoms with E-state index in [1.807, 2.05) is 30.6 Å². The molecule has 1 aromatic carbocycles. The Labute approximate surface area is 100 Å². The Morgan fingerprint density at radius 2 is 2.35 bits per heavy atom. The van der Waals surface area contributed by atoms with Crippen LogP contribution in [0.15, 0.2) is 32.8 Å². The molecule has 0 unspecified atom stereocenters. The van der Waals surface area contributed by atoms with E-state index in [1.54, 1.807) is 0 Å². The van der Waals surface area contributed by atoms with E-state index in [4.69, 9.17) is 4.42 Å². The Hall–Kier alpha value is -2.08. The molecule has 0 saturated heterocycles. The smallest absolute Gasteiger partial charge is 0.408 e. The maximum absolute atomic E-state index is 11.0. The average molecular weight is 247 g/mol. The lowest BCUT2D eigenvalue weighted by molar-refractivity contribution is 0.555. The van der Waals surface area contributed by atoms with Crippen LogP contribution in [0, 0.1) is 0 Å². The number of hydrogen-bond acceptors (Lipinski definition) is 5. The summed E-state index contributed by atoms with van der Waals surface area (Å²) in [5, 5.41) is 5.80. The number of thiazole rings is 1. The fraction of sp³-hybridized carbons (Fsp3) is 0.0909. The fourth-order valence-electron chi connectivity index (χ4n) is 1.63. The van der Waals surface area contributed by atoms with Gasteiger partial charge in [0.15, 0.2) is 10.7 Å². The van der Waals surface area contributed by atoms with E-state index in [-0.39, 0.29) is 0 Å². The van der Waals surface area contributed by atoms with Crippen molar-refractivity contribution in [3.05, 3.63) is 34.1 Å². The lowest BCUT2D eigenvalue weighted by atomic mass is 10.1. The fourth-order valence-corrected chi connectivity index (χ4v) is 2.31. The molecule has 3 rings (SSSR count). The minimum atomic E-state index is -0.439. The summed E-state index contributed by atoms with van der Waals surface area (Å²) in [5.74, 6) is -0.439. The first-order chi connectivity index (χ1) is 8.26. The Kier molecular flexibility index (Phi) is 2.22. The van der Waals surface area contributed by atoms with Crippen LogP contribution in [0.4, 0.5) is 5.13 Å². The molecule has 0 amide bonds. The van der Waals surface area contributed by atoms with Gasteiger partial charge < -0.3 is 9.73 Å². The predicted octanol–water partition coefficient (Wildman–Crippen LogP) is 2.29. The van der Waals surface area contributed by atoms with Crippen molar-refractivity contribution in [3.8, 4) is 11.3 Å². The van der Waals surface area contributed by atoms with Crippen molar-refractivity contribution in [1.29, 1.82) is 0 Å². The zero-order valence-electron chi connectivity index (χ0n) is 8.98. The van der Waals surface area contributed by atoms with Gasteiger partial charge in [0.05, 0.1) is 11.2 Å². The molecule has 17 heavy (non-hydrogen) atoms. The van der Waals surface area contributed by atoms with Crippen LogP contribution >= 0.6 is 11.3 Å². The molecule has 0 atom stereocenters. The topological polar surface area (TPSA) is 70.9 Å². The van der Waals surface area contributed by atoms with Gasteiger partial charge in [-0.15, -0.1) is 11.3 Å². The Bertz CT molecular complexity index is 725. The second-order valence-corrected chi connectivity index (χ2v) is 4.37. The minimum Gasteiger partial charge on any atom is -0.408 e. The third-order valence-corrected chi connectivity index (χ3v) is 3.29. The zero-order valence-corrected chi connectivity index (χ0v) is 9.80. The molecule has 86 valence electrons. The number of fused-ring (bicyclic) bond motifs is 1. The van der Waals surface area contributed by atoms with Gasteiger partial charge in [0, 0.05) is 18.0 Å². The van der Waals surface area contributed by atoms with Gasteiger partial charge in [-0.05, 0) is 12.1 Å². The average Bonchev–Trinajstić information content (AvgIpc) is 2.92. The molecule has 2 heterocycles. The number of hydrogen-bond donors (Lipinski definition) is 2. The van der Waals surface area contributed by atoms with Gasteiger partial charge in [0.2, 0.25) is 0 Å². The largest absolute Gasteiger partial charge is 0.417 e. The van der Waals surface area contributed by atoms with Gasteiger partial charge in [-0.1, -0.05) is 6.07 Å². The third kappa shape index (κ3) is 1.72. The number of aromatic amines is 1. The van der Waals surface area contributed by atoms with Crippen molar-refractivity contribution in [2.75, 3.05) is 12.4 Å². The number of anilines is 1. The summed E-state index contributed by atoms with van der Waals surface area (Å²) in [6.07, 6.45) is 0. The number of H-pyrrole nitrogens is 1. The van der Waals surface area contributed by atoms with Crippen LogP contribution in [0.3, 0.4) is 0 Å². The maximum atomic E-state index is 11.0. The molecule has 6 heteroatoms. The second kappa shape index (κ2) is 3.74. The summed E-state index contributed by atoms with van der Waals surface area (Å²) in [6, 6.07) is 5.53. The zero-order chi connectivity index (χ0) is 11.8. The normalized spacial score (nSPS) is 10.9. The maximum Gasteiger partial charge on any atom is 0.417 e. The molecule has 0 spiro atoms. The summed E-state index contributed by atoms with van der Waals surface area (Å²) >= 11 is 1.53. The van der Waals surface area contributed by atoms with Crippen molar-refractivity contribution in [2.45, 2.75) is 0 Å².